The summed E-state index contributed by atoms with van der Waals surface area (Å²) in [6, 6.07) is 14.3. The van der Waals surface area contributed by atoms with E-state index >= 15 is 0 Å². The van der Waals surface area contributed by atoms with Crippen LogP contribution in [0.2, 0.25) is 5.02 Å². The maximum atomic E-state index is 13.4. The fourth-order valence-corrected chi connectivity index (χ4v) is 5.89. The number of benzene rings is 3. The molecule has 0 radical (unpaired) electrons. The molecule has 58 heavy (non-hydrogen) atoms. The molecule has 3 amide bonds. The van der Waals surface area contributed by atoms with Gasteiger partial charge in [0, 0.05) is 36.4 Å². The molecule has 3 N–H and O–H groups in total. The van der Waals surface area contributed by atoms with Crippen molar-refractivity contribution in [1.29, 1.82) is 0 Å². The lowest BCUT2D eigenvalue weighted by Crippen LogP contribution is -2.30. The van der Waals surface area contributed by atoms with E-state index in [1.54, 1.807) is 51.1 Å². The van der Waals surface area contributed by atoms with Crippen LogP contribution in [0.5, 0.6) is 0 Å². The van der Waals surface area contributed by atoms with Gasteiger partial charge in [-0.3, -0.25) is 19.2 Å². The third kappa shape index (κ3) is 15.4. The Kier molecular flexibility index (Phi) is 17.5. The number of esters is 1. The van der Waals surface area contributed by atoms with Gasteiger partial charge < -0.3 is 34.5 Å². The first-order chi connectivity index (χ1) is 27.6. The van der Waals surface area contributed by atoms with E-state index < -0.39 is 40.1 Å². The van der Waals surface area contributed by atoms with Crippen LogP contribution in [0.3, 0.4) is 0 Å². The van der Waals surface area contributed by atoms with Crippen LogP contribution in [0.1, 0.15) is 88.7 Å². The largest absolute Gasteiger partial charge is 0.460 e. The van der Waals surface area contributed by atoms with Crippen molar-refractivity contribution in [2.24, 2.45) is 5.10 Å². The van der Waals surface area contributed by atoms with Crippen LogP contribution in [0.4, 0.5) is 24.5 Å². The van der Waals surface area contributed by atoms with E-state index in [-0.39, 0.29) is 60.1 Å². The Morgan fingerprint density at radius 3 is 2.12 bits per heavy atom. The third-order valence-corrected chi connectivity index (χ3v) is 8.76. The predicted octanol–water partition coefficient (Wildman–Crippen LogP) is 6.88. The molecule has 1 fully saturated rings. The SMILES string of the molecule is CC(C)(C)OC(=O)CCOCCOCCOCCNC(=O)c1cccc(C(=O)Nc2ccc(N3CCCCC3)cc2C(=O)N/N=C\c2ccc(Cl)c(C(F)(F)F)c2)c1. The van der Waals surface area contributed by atoms with Gasteiger partial charge in [-0.15, -0.1) is 0 Å². The molecule has 1 heterocycles. The highest BCUT2D eigenvalue weighted by Crippen LogP contribution is 2.35. The fourth-order valence-electron chi connectivity index (χ4n) is 5.67. The van der Waals surface area contributed by atoms with Crippen molar-refractivity contribution in [2.75, 3.05) is 69.5 Å². The van der Waals surface area contributed by atoms with Crippen LogP contribution in [0.25, 0.3) is 0 Å². The lowest BCUT2D eigenvalue weighted by molar-refractivity contribution is -0.156. The normalized spacial score (nSPS) is 13.3. The van der Waals surface area contributed by atoms with Gasteiger partial charge in [-0.2, -0.15) is 18.3 Å². The van der Waals surface area contributed by atoms with E-state index in [0.29, 0.717) is 26.4 Å². The molecule has 314 valence electrons. The molecule has 0 aromatic heterocycles. The Balaban J connectivity index is 1.27. The monoisotopic (exact) mass is 831 g/mol. The van der Waals surface area contributed by atoms with Crippen molar-refractivity contribution in [3.63, 3.8) is 0 Å². The number of hydrogen-bond acceptors (Lipinski definition) is 10. The van der Waals surface area contributed by atoms with Crippen LogP contribution in [-0.2, 0) is 29.9 Å². The molecular formula is C41H49ClF3N5O8. The van der Waals surface area contributed by atoms with Crippen LogP contribution < -0.4 is 21.0 Å². The summed E-state index contributed by atoms with van der Waals surface area (Å²) in [4.78, 5) is 53.6. The lowest BCUT2D eigenvalue weighted by Gasteiger charge is -2.29. The molecule has 1 aliphatic rings. The van der Waals surface area contributed by atoms with Gasteiger partial charge >= 0.3 is 12.1 Å². The molecule has 1 aliphatic heterocycles. The number of hydrogen-bond donors (Lipinski definition) is 3. The molecule has 0 unspecified atom stereocenters. The Hall–Kier alpha value is -5.03. The summed E-state index contributed by atoms with van der Waals surface area (Å²) in [6.45, 7) is 8.89. The average Bonchev–Trinajstić information content (AvgIpc) is 3.18. The Morgan fingerprint density at radius 2 is 1.45 bits per heavy atom. The molecule has 0 bridgehead atoms. The molecule has 17 heteroatoms. The third-order valence-electron chi connectivity index (χ3n) is 8.43. The zero-order valence-corrected chi connectivity index (χ0v) is 33.5. The van der Waals surface area contributed by atoms with Crippen molar-refractivity contribution in [3.05, 3.63) is 93.5 Å². The van der Waals surface area contributed by atoms with Gasteiger partial charge in [0.1, 0.15) is 5.60 Å². The van der Waals surface area contributed by atoms with Crippen LogP contribution in [-0.4, -0.2) is 94.8 Å². The number of anilines is 2. The van der Waals surface area contributed by atoms with Gasteiger partial charge in [0.05, 0.1) is 74.1 Å². The van der Waals surface area contributed by atoms with Crippen molar-refractivity contribution < 1.29 is 51.3 Å². The smallest absolute Gasteiger partial charge is 0.417 e. The highest BCUT2D eigenvalue weighted by atomic mass is 35.5. The van der Waals surface area contributed by atoms with E-state index in [0.717, 1.165) is 56.4 Å². The number of piperidine rings is 1. The average molecular weight is 832 g/mol. The lowest BCUT2D eigenvalue weighted by atomic mass is 10.1. The van der Waals surface area contributed by atoms with Crippen LogP contribution in [0, 0.1) is 0 Å². The Bertz CT molecular complexity index is 1900. The highest BCUT2D eigenvalue weighted by molar-refractivity contribution is 6.31. The first kappa shape index (κ1) is 45.7. The fraction of sp³-hybridized carbons (Fsp3) is 0.439. The van der Waals surface area contributed by atoms with Gasteiger partial charge in [0.15, 0.2) is 0 Å². The number of nitrogens with one attached hydrogen (secondary N) is 3. The molecule has 13 nitrogen and oxygen atoms in total. The Labute approximate surface area is 340 Å². The number of alkyl halides is 3. The summed E-state index contributed by atoms with van der Waals surface area (Å²) in [5.74, 6) is -2.05. The van der Waals surface area contributed by atoms with Crippen molar-refractivity contribution in [2.45, 2.75) is 58.2 Å². The molecule has 4 rings (SSSR count). The molecule has 0 saturated carbocycles. The number of amides is 3. The number of rotatable bonds is 19. The molecule has 3 aromatic carbocycles. The minimum atomic E-state index is -4.67. The molecule has 0 atom stereocenters. The van der Waals surface area contributed by atoms with E-state index in [2.05, 4.69) is 26.1 Å². The van der Waals surface area contributed by atoms with Crippen LogP contribution >= 0.6 is 11.6 Å². The first-order valence-corrected chi connectivity index (χ1v) is 19.2. The summed E-state index contributed by atoms with van der Waals surface area (Å²) >= 11 is 5.71. The zero-order chi connectivity index (χ0) is 42.1. The molecule has 3 aromatic rings. The molecule has 1 saturated heterocycles. The number of nitrogens with zero attached hydrogens (tertiary/aromatic N) is 2. The summed E-state index contributed by atoms with van der Waals surface area (Å²) in [5, 5.41) is 8.88. The second-order valence-electron chi connectivity index (χ2n) is 14.2. The van der Waals surface area contributed by atoms with E-state index in [9.17, 15) is 32.3 Å². The van der Waals surface area contributed by atoms with Gasteiger partial charge in [-0.05, 0) is 94.1 Å². The number of hydrazone groups is 1. The number of halogens is 4. The van der Waals surface area contributed by atoms with Gasteiger partial charge in [0.25, 0.3) is 17.7 Å². The van der Waals surface area contributed by atoms with Crippen LogP contribution in [0.15, 0.2) is 65.8 Å². The van der Waals surface area contributed by atoms with Crippen molar-refractivity contribution in [1.82, 2.24) is 10.7 Å². The summed E-state index contributed by atoms with van der Waals surface area (Å²) in [7, 11) is 0. The molecular weight excluding hydrogens is 783 g/mol. The topological polar surface area (TPSA) is 157 Å². The summed E-state index contributed by atoms with van der Waals surface area (Å²) in [6.07, 6.45) is -0.399. The van der Waals surface area contributed by atoms with E-state index in [1.807, 2.05) is 0 Å². The van der Waals surface area contributed by atoms with Crippen molar-refractivity contribution >= 4 is 52.9 Å². The second-order valence-corrected chi connectivity index (χ2v) is 14.6. The Morgan fingerprint density at radius 1 is 0.793 bits per heavy atom. The number of carbonyl (C=O) groups is 4. The number of carbonyl (C=O) groups excluding carboxylic acids is 4. The maximum Gasteiger partial charge on any atom is 0.417 e. The van der Waals surface area contributed by atoms with Gasteiger partial charge in [0.2, 0.25) is 0 Å². The zero-order valence-electron chi connectivity index (χ0n) is 32.7. The van der Waals surface area contributed by atoms with Gasteiger partial charge in [-0.1, -0.05) is 23.7 Å². The second kappa shape index (κ2) is 22.2. The highest BCUT2D eigenvalue weighted by Gasteiger charge is 2.33. The van der Waals surface area contributed by atoms with E-state index in [1.165, 1.54) is 18.2 Å². The predicted molar refractivity (Wildman–Crippen MR) is 214 cm³/mol. The van der Waals surface area contributed by atoms with Crippen molar-refractivity contribution in [3.8, 4) is 0 Å². The quantitative estimate of drug-likeness (QED) is 0.0508. The minimum absolute atomic E-state index is 0.0577. The number of ether oxygens (including phenoxy) is 4. The first-order valence-electron chi connectivity index (χ1n) is 18.8. The minimum Gasteiger partial charge on any atom is -0.460 e. The van der Waals surface area contributed by atoms with E-state index in [4.69, 9.17) is 30.5 Å². The summed E-state index contributed by atoms with van der Waals surface area (Å²) < 4.78 is 61.5. The van der Waals surface area contributed by atoms with Gasteiger partial charge in [-0.25, -0.2) is 5.43 Å². The molecule has 0 spiro atoms. The standard InChI is InChI=1S/C41H49ClF3N5O8/c1-40(2,3)58-36(51)14-18-55-20-22-57-23-21-56-19-15-46-37(52)29-8-7-9-30(25-29)38(53)48-35-13-11-31(50-16-5-4-6-17-50)26-32(35)39(54)49-47-27-28-10-12-34(42)33(24-28)41(43,44)45/h7-13,24-27H,4-6,14-23H2,1-3H3,(H,46,52)(H,48,53)(H,49,54)/b47-27-. The summed E-state index contributed by atoms with van der Waals surface area (Å²) in [5.41, 5.74) is 2.20. The maximum absolute atomic E-state index is 13.4. The molecule has 0 aliphatic carbocycles.